The number of hydrogen-bond donors (Lipinski definition) is 5. The van der Waals surface area contributed by atoms with Crippen LogP contribution in [0.4, 0.5) is 0 Å². The minimum atomic E-state index is -5.71. The first-order valence-electron chi connectivity index (χ1n) is 9.00. The van der Waals surface area contributed by atoms with Crippen molar-refractivity contribution in [3.05, 3.63) is 0 Å². The summed E-state index contributed by atoms with van der Waals surface area (Å²) in [4.78, 5) is 0. The molecule has 0 aromatic heterocycles. The van der Waals surface area contributed by atoms with E-state index in [1.165, 1.54) is 0 Å². The van der Waals surface area contributed by atoms with Crippen molar-refractivity contribution in [1.29, 1.82) is 0 Å². The predicted molar refractivity (Wildman–Crippen MR) is 94.3 cm³/mol. The SMILES string of the molecule is O=S(=O)([O-])OC[C@@H]1O[C@@H](OC[C@H]2OC(O)[C@H](O)[C@@H](O)[C@@H]2O)[C@H](OS(=O)(=O)[O-])[C@@H](O)[C@@H]1OS(=O)(=O)[O-].[Na+].[Na+].[Na+]. The molecule has 26 heteroatoms. The molecule has 0 aromatic rings. The fraction of sp³-hybridized carbons (Fsp3) is 1.00. The normalized spacial score (nSPS) is 36.3. The summed E-state index contributed by atoms with van der Waals surface area (Å²) in [5, 5.41) is 48.9. The maximum atomic E-state index is 11.1. The summed E-state index contributed by atoms with van der Waals surface area (Å²) in [5.74, 6) is 0. The molecule has 2 saturated heterocycles. The third-order valence-electron chi connectivity index (χ3n) is 4.56. The quantitative estimate of drug-likeness (QED) is 0.0833. The Kier molecular flexibility index (Phi) is 18.9. The van der Waals surface area contributed by atoms with Gasteiger partial charge in [0.1, 0.15) is 42.7 Å². The van der Waals surface area contributed by atoms with Crippen LogP contribution in [0.5, 0.6) is 0 Å². The van der Waals surface area contributed by atoms with E-state index in [1.807, 2.05) is 0 Å². The third kappa shape index (κ3) is 13.3. The number of rotatable bonds is 10. The average Bonchev–Trinajstić information content (AvgIpc) is 2.68. The molecule has 0 aliphatic carbocycles. The van der Waals surface area contributed by atoms with Gasteiger partial charge in [-0.1, -0.05) is 0 Å². The van der Waals surface area contributed by atoms with E-state index in [0.717, 1.165) is 0 Å². The van der Waals surface area contributed by atoms with Crippen LogP contribution in [0.2, 0.25) is 0 Å². The van der Waals surface area contributed by atoms with Gasteiger partial charge < -0.3 is 53.4 Å². The van der Waals surface area contributed by atoms with Crippen molar-refractivity contribution in [2.75, 3.05) is 13.2 Å². The van der Waals surface area contributed by atoms with Crippen molar-refractivity contribution in [2.45, 2.75) is 61.4 Å². The van der Waals surface area contributed by atoms with E-state index >= 15 is 0 Å². The van der Waals surface area contributed by atoms with Crippen LogP contribution >= 0.6 is 0 Å². The Morgan fingerprint density at radius 1 is 0.605 bits per heavy atom. The van der Waals surface area contributed by atoms with Crippen LogP contribution in [0.3, 0.4) is 0 Å². The van der Waals surface area contributed by atoms with Crippen LogP contribution in [0, 0.1) is 0 Å². The first-order valence-corrected chi connectivity index (χ1v) is 13.0. The molecule has 5 N–H and O–H groups in total. The molecule has 208 valence electrons. The van der Waals surface area contributed by atoms with Gasteiger partial charge in [0.15, 0.2) is 18.7 Å². The Labute approximate surface area is 282 Å². The second-order valence-corrected chi connectivity index (χ2v) is 10.1. The molecule has 1 unspecified atom stereocenters. The number of hydrogen-bond acceptors (Lipinski definition) is 20. The molecule has 0 saturated carbocycles. The van der Waals surface area contributed by atoms with Crippen LogP contribution in [0.25, 0.3) is 0 Å². The Morgan fingerprint density at radius 3 is 1.58 bits per heavy atom. The van der Waals surface area contributed by atoms with Crippen molar-refractivity contribution >= 4 is 31.2 Å². The molecule has 2 rings (SSSR count). The van der Waals surface area contributed by atoms with Crippen LogP contribution in [0.15, 0.2) is 0 Å². The smallest absolute Gasteiger partial charge is 0.726 e. The van der Waals surface area contributed by atoms with E-state index in [0.29, 0.717) is 0 Å². The van der Waals surface area contributed by atoms with Crippen LogP contribution in [0.1, 0.15) is 0 Å². The van der Waals surface area contributed by atoms with Gasteiger partial charge in [0.2, 0.25) is 31.2 Å². The van der Waals surface area contributed by atoms with E-state index in [4.69, 9.17) is 14.2 Å². The van der Waals surface area contributed by atoms with Gasteiger partial charge in [0.05, 0.1) is 13.2 Å². The molecule has 2 aliphatic heterocycles. The molecule has 10 atom stereocenters. The molecule has 38 heavy (non-hydrogen) atoms. The van der Waals surface area contributed by atoms with Crippen molar-refractivity contribution in [3.63, 3.8) is 0 Å². The van der Waals surface area contributed by atoms with Crippen molar-refractivity contribution in [2.24, 2.45) is 0 Å². The summed E-state index contributed by atoms with van der Waals surface area (Å²) < 4.78 is 125. The van der Waals surface area contributed by atoms with Gasteiger partial charge in [-0.3, -0.25) is 12.5 Å². The third-order valence-corrected chi connectivity index (χ3v) is 5.90. The van der Waals surface area contributed by atoms with Gasteiger partial charge in [-0.05, 0) is 0 Å². The van der Waals surface area contributed by atoms with Gasteiger partial charge in [0, 0.05) is 0 Å². The van der Waals surface area contributed by atoms with E-state index in [-0.39, 0.29) is 88.7 Å². The summed E-state index contributed by atoms with van der Waals surface area (Å²) in [6.07, 6.45) is -21.7. The van der Waals surface area contributed by atoms with Crippen molar-refractivity contribution in [1.82, 2.24) is 0 Å². The minimum absolute atomic E-state index is 0. The molecule has 0 radical (unpaired) electrons. The minimum Gasteiger partial charge on any atom is -0.726 e. The average molecular weight is 648 g/mol. The van der Waals surface area contributed by atoms with E-state index in [9.17, 15) is 64.4 Å². The fourth-order valence-electron chi connectivity index (χ4n) is 3.07. The second kappa shape index (κ2) is 17.0. The molecule has 2 heterocycles. The largest absolute Gasteiger partial charge is 1.00 e. The zero-order chi connectivity index (χ0) is 26.9. The maximum absolute atomic E-state index is 11.1. The first-order chi connectivity index (χ1) is 15.8. The topological polar surface area (TPSA) is 328 Å². The Balaban J connectivity index is 0. The molecule has 0 aromatic carbocycles. The molecular formula is C12H19Na3O20S3. The zero-order valence-corrected chi connectivity index (χ0v) is 28.2. The molecular weight excluding hydrogens is 629 g/mol. The monoisotopic (exact) mass is 648 g/mol. The first kappa shape index (κ1) is 42.4. The number of aliphatic hydroxyl groups excluding tert-OH is 5. The van der Waals surface area contributed by atoms with Crippen LogP contribution in [-0.4, -0.2) is 139 Å². The Bertz CT molecular complexity index is 1040. The Hall–Kier alpha value is 2.29. The fourth-order valence-corrected chi connectivity index (χ4v) is 4.35. The predicted octanol–water partition coefficient (Wildman–Crippen LogP) is -15.9. The van der Waals surface area contributed by atoms with E-state index < -0.39 is 106 Å². The molecule has 20 nitrogen and oxygen atoms in total. The van der Waals surface area contributed by atoms with Gasteiger partial charge in [0.25, 0.3) is 0 Å². The summed E-state index contributed by atoms with van der Waals surface area (Å²) in [5.41, 5.74) is 0. The number of ether oxygens (including phenoxy) is 3. The van der Waals surface area contributed by atoms with Gasteiger partial charge >= 0.3 is 88.7 Å². The molecule has 2 fully saturated rings. The maximum Gasteiger partial charge on any atom is 1.00 e. The Morgan fingerprint density at radius 2 is 1.11 bits per heavy atom. The van der Waals surface area contributed by atoms with Crippen LogP contribution in [-0.2, 0) is 58.0 Å². The molecule has 0 bridgehead atoms. The number of aliphatic hydroxyl groups is 5. The van der Waals surface area contributed by atoms with E-state index in [1.54, 1.807) is 0 Å². The van der Waals surface area contributed by atoms with Crippen molar-refractivity contribution in [3.8, 4) is 0 Å². The van der Waals surface area contributed by atoms with Crippen LogP contribution < -0.4 is 88.7 Å². The summed E-state index contributed by atoms with van der Waals surface area (Å²) in [7, 11) is -16.9. The van der Waals surface area contributed by atoms with Crippen molar-refractivity contribution < 1.29 is 180 Å². The molecule has 0 spiro atoms. The van der Waals surface area contributed by atoms with Gasteiger partial charge in [-0.25, -0.2) is 25.3 Å². The zero-order valence-electron chi connectivity index (χ0n) is 19.8. The standard InChI is InChI=1S/C12H22O20S3.3Na/c13-5-3(29-11(17)7(15)6(5)14)1-27-12-10(32-35(24,25)26)8(16)9(31-34(21,22)23)4(30-12)2-28-33(18,19)20;;;/h3-17H,1-2H2,(H,18,19,20)(H,21,22,23)(H,24,25,26);;;/q;3*+1/p-3/t3-,4+,5-,6+,7-,8+,9-,10-,11?,12-;;;/m1.../s1. The molecule has 0 amide bonds. The van der Waals surface area contributed by atoms with Gasteiger partial charge in [-0.15, -0.1) is 0 Å². The summed E-state index contributed by atoms with van der Waals surface area (Å²) in [6, 6.07) is 0. The second-order valence-electron chi connectivity index (χ2n) is 7.03. The van der Waals surface area contributed by atoms with Gasteiger partial charge in [-0.2, -0.15) is 0 Å². The summed E-state index contributed by atoms with van der Waals surface area (Å²) >= 11 is 0. The summed E-state index contributed by atoms with van der Waals surface area (Å²) in [6.45, 7) is -2.40. The molecule has 2 aliphatic rings. The van der Waals surface area contributed by atoms with E-state index in [2.05, 4.69) is 12.5 Å².